The average Bonchev–Trinajstić information content (AvgIpc) is 3.14. The summed E-state index contributed by atoms with van der Waals surface area (Å²) < 4.78 is 0. The Morgan fingerprint density at radius 1 is 1.24 bits per heavy atom. The molecular weight excluding hydrogens is 330 g/mol. The number of thiophene rings is 1. The average molecular weight is 351 g/mol. The number of hydrogen-bond acceptors (Lipinski definition) is 4. The minimum absolute atomic E-state index is 0.101. The standard InChI is InChI=1S/C20H21N3OS/c1-23(2)17(18-9-5-13-25-18)14-22-19(24)11-10-16-7-3-6-15-8-4-12-21-20(15)16/h3-13,17H,14H2,1-2H3,(H,22,24)/b11-10+. The summed E-state index contributed by atoms with van der Waals surface area (Å²) in [6.07, 6.45) is 5.16. The molecule has 1 atom stereocenters. The SMILES string of the molecule is CN(C)C(CNC(=O)/C=C/c1cccc2cccnc12)c1cccs1. The maximum atomic E-state index is 12.2. The lowest BCUT2D eigenvalue weighted by atomic mass is 10.1. The van der Waals surface area contributed by atoms with Crippen LogP contribution in [0.3, 0.4) is 0 Å². The molecule has 128 valence electrons. The minimum atomic E-state index is -0.101. The zero-order chi connectivity index (χ0) is 17.6. The van der Waals surface area contributed by atoms with Crippen molar-refractivity contribution in [3.05, 3.63) is 70.6 Å². The molecule has 2 aromatic heterocycles. The van der Waals surface area contributed by atoms with Gasteiger partial charge >= 0.3 is 0 Å². The van der Waals surface area contributed by atoms with Crippen LogP contribution in [0.4, 0.5) is 0 Å². The van der Waals surface area contributed by atoms with Gasteiger partial charge < -0.3 is 10.2 Å². The highest BCUT2D eigenvalue weighted by Crippen LogP contribution is 2.22. The van der Waals surface area contributed by atoms with Crippen molar-refractivity contribution in [2.45, 2.75) is 6.04 Å². The number of carbonyl (C=O) groups is 1. The molecule has 0 saturated heterocycles. The molecule has 1 unspecified atom stereocenters. The van der Waals surface area contributed by atoms with Crippen molar-refractivity contribution in [1.82, 2.24) is 15.2 Å². The van der Waals surface area contributed by atoms with Crippen molar-refractivity contribution in [2.75, 3.05) is 20.6 Å². The number of aromatic nitrogens is 1. The largest absolute Gasteiger partial charge is 0.351 e. The van der Waals surface area contributed by atoms with Crippen LogP contribution in [-0.2, 0) is 4.79 Å². The third-order valence-corrected chi connectivity index (χ3v) is 5.02. The molecule has 0 bridgehead atoms. The van der Waals surface area contributed by atoms with Crippen LogP contribution >= 0.6 is 11.3 Å². The van der Waals surface area contributed by atoms with Crippen molar-refractivity contribution in [2.24, 2.45) is 0 Å². The van der Waals surface area contributed by atoms with Crippen molar-refractivity contribution in [3.63, 3.8) is 0 Å². The predicted octanol–water partition coefficient (Wildman–Crippen LogP) is 3.73. The van der Waals surface area contributed by atoms with E-state index >= 15 is 0 Å². The summed E-state index contributed by atoms with van der Waals surface area (Å²) in [6, 6.07) is 14.2. The number of rotatable bonds is 6. The van der Waals surface area contributed by atoms with Crippen molar-refractivity contribution in [3.8, 4) is 0 Å². The van der Waals surface area contributed by atoms with Crippen LogP contribution in [0.1, 0.15) is 16.5 Å². The van der Waals surface area contributed by atoms with E-state index in [4.69, 9.17) is 0 Å². The molecule has 25 heavy (non-hydrogen) atoms. The fourth-order valence-corrected chi connectivity index (χ4v) is 3.63. The predicted molar refractivity (Wildman–Crippen MR) is 105 cm³/mol. The first-order valence-electron chi connectivity index (χ1n) is 8.14. The lowest BCUT2D eigenvalue weighted by Gasteiger charge is -2.23. The van der Waals surface area contributed by atoms with E-state index in [1.165, 1.54) is 4.88 Å². The minimum Gasteiger partial charge on any atom is -0.351 e. The Balaban J connectivity index is 1.66. The van der Waals surface area contributed by atoms with E-state index in [-0.39, 0.29) is 11.9 Å². The van der Waals surface area contributed by atoms with E-state index in [1.54, 1.807) is 23.6 Å². The molecule has 0 spiro atoms. The van der Waals surface area contributed by atoms with E-state index in [0.29, 0.717) is 6.54 Å². The zero-order valence-corrected chi connectivity index (χ0v) is 15.2. The molecule has 0 radical (unpaired) electrons. The zero-order valence-electron chi connectivity index (χ0n) is 14.3. The molecule has 0 aliphatic carbocycles. The molecule has 3 aromatic rings. The van der Waals surface area contributed by atoms with E-state index < -0.39 is 0 Å². The smallest absolute Gasteiger partial charge is 0.244 e. The monoisotopic (exact) mass is 351 g/mol. The third kappa shape index (κ3) is 4.32. The van der Waals surface area contributed by atoms with Gasteiger partial charge in [0.25, 0.3) is 0 Å². The maximum Gasteiger partial charge on any atom is 0.244 e. The molecule has 4 nitrogen and oxygen atoms in total. The molecule has 2 heterocycles. The highest BCUT2D eigenvalue weighted by molar-refractivity contribution is 7.10. The van der Waals surface area contributed by atoms with E-state index in [1.807, 2.05) is 56.6 Å². The van der Waals surface area contributed by atoms with Gasteiger partial charge in [0, 0.05) is 34.6 Å². The number of amides is 1. The van der Waals surface area contributed by atoms with Gasteiger partial charge in [0.15, 0.2) is 0 Å². The van der Waals surface area contributed by atoms with E-state index in [9.17, 15) is 4.79 Å². The maximum absolute atomic E-state index is 12.2. The highest BCUT2D eigenvalue weighted by atomic mass is 32.1. The van der Waals surface area contributed by atoms with Gasteiger partial charge in [-0.3, -0.25) is 9.78 Å². The lowest BCUT2D eigenvalue weighted by Crippen LogP contribution is -2.33. The molecule has 0 aliphatic rings. The van der Waals surface area contributed by atoms with Crippen LogP contribution in [-0.4, -0.2) is 36.4 Å². The first-order valence-corrected chi connectivity index (χ1v) is 9.02. The summed E-state index contributed by atoms with van der Waals surface area (Å²) in [5.41, 5.74) is 1.84. The first-order chi connectivity index (χ1) is 12.1. The van der Waals surface area contributed by atoms with Crippen LogP contribution in [0.2, 0.25) is 0 Å². The highest BCUT2D eigenvalue weighted by Gasteiger charge is 2.15. The van der Waals surface area contributed by atoms with Crippen molar-refractivity contribution in [1.29, 1.82) is 0 Å². The second-order valence-electron chi connectivity index (χ2n) is 6.00. The second-order valence-corrected chi connectivity index (χ2v) is 6.97. The summed E-state index contributed by atoms with van der Waals surface area (Å²) in [5, 5.41) is 6.11. The quantitative estimate of drug-likeness (QED) is 0.688. The summed E-state index contributed by atoms with van der Waals surface area (Å²) >= 11 is 1.70. The number of hydrogen-bond donors (Lipinski definition) is 1. The van der Waals surface area contributed by atoms with Gasteiger partial charge in [-0.05, 0) is 37.7 Å². The number of benzene rings is 1. The van der Waals surface area contributed by atoms with Gasteiger partial charge in [-0.1, -0.05) is 30.3 Å². The molecule has 1 amide bonds. The summed E-state index contributed by atoms with van der Waals surface area (Å²) in [5.74, 6) is -0.101. The Morgan fingerprint density at radius 3 is 2.84 bits per heavy atom. The number of nitrogens with one attached hydrogen (secondary N) is 1. The summed E-state index contributed by atoms with van der Waals surface area (Å²) in [6.45, 7) is 0.574. The third-order valence-electron chi connectivity index (χ3n) is 4.04. The molecule has 1 N–H and O–H groups in total. The second kappa shape index (κ2) is 8.05. The Kier molecular flexibility index (Phi) is 5.58. The van der Waals surface area contributed by atoms with Crippen LogP contribution in [0.25, 0.3) is 17.0 Å². The Bertz CT molecular complexity index is 866. The summed E-state index contributed by atoms with van der Waals surface area (Å²) in [4.78, 5) is 20.0. The van der Waals surface area contributed by atoms with Gasteiger partial charge in [0.2, 0.25) is 5.91 Å². The van der Waals surface area contributed by atoms with Crippen LogP contribution in [0.15, 0.2) is 60.1 Å². The van der Waals surface area contributed by atoms with Crippen LogP contribution in [0, 0.1) is 0 Å². The molecule has 5 heteroatoms. The fourth-order valence-electron chi connectivity index (χ4n) is 2.70. The topological polar surface area (TPSA) is 45.2 Å². The van der Waals surface area contributed by atoms with Gasteiger partial charge in [0.05, 0.1) is 11.6 Å². The molecule has 0 aliphatic heterocycles. The molecule has 3 rings (SSSR count). The molecule has 0 fully saturated rings. The number of fused-ring (bicyclic) bond motifs is 1. The van der Waals surface area contributed by atoms with Crippen molar-refractivity contribution < 1.29 is 4.79 Å². The Hall–Kier alpha value is -2.50. The molecule has 0 saturated carbocycles. The van der Waals surface area contributed by atoms with E-state index in [2.05, 4.69) is 26.6 Å². The van der Waals surface area contributed by atoms with Gasteiger partial charge in [-0.2, -0.15) is 0 Å². The number of likely N-dealkylation sites (N-methyl/N-ethyl adjacent to an activating group) is 1. The number of carbonyl (C=O) groups excluding carboxylic acids is 1. The summed E-state index contributed by atoms with van der Waals surface area (Å²) in [7, 11) is 4.04. The van der Waals surface area contributed by atoms with Gasteiger partial charge in [-0.15, -0.1) is 11.3 Å². The van der Waals surface area contributed by atoms with Crippen LogP contribution < -0.4 is 5.32 Å². The van der Waals surface area contributed by atoms with Crippen molar-refractivity contribution >= 4 is 34.2 Å². The van der Waals surface area contributed by atoms with E-state index in [0.717, 1.165) is 16.5 Å². The van der Waals surface area contributed by atoms with Crippen LogP contribution in [0.5, 0.6) is 0 Å². The molecule has 1 aromatic carbocycles. The lowest BCUT2D eigenvalue weighted by molar-refractivity contribution is -0.116. The normalized spacial score (nSPS) is 12.8. The number of nitrogens with zero attached hydrogens (tertiary/aromatic N) is 2. The first kappa shape index (κ1) is 17.3. The molecular formula is C20H21N3OS. The van der Waals surface area contributed by atoms with Gasteiger partial charge in [0.1, 0.15) is 0 Å². The number of pyridine rings is 1. The Morgan fingerprint density at radius 2 is 2.08 bits per heavy atom. The Labute approximate surface area is 151 Å². The number of para-hydroxylation sites is 1. The fraction of sp³-hybridized carbons (Fsp3) is 0.200. The van der Waals surface area contributed by atoms with Gasteiger partial charge in [-0.25, -0.2) is 0 Å².